The van der Waals surface area contributed by atoms with Crippen molar-refractivity contribution >= 4 is 0 Å². The predicted molar refractivity (Wildman–Crippen MR) is 74.8 cm³/mol. The van der Waals surface area contributed by atoms with Gasteiger partial charge in [0.25, 0.3) is 0 Å². The Labute approximate surface area is 114 Å². The molecule has 1 aromatic rings. The maximum atomic E-state index is 9.54. The van der Waals surface area contributed by atoms with Crippen LogP contribution in [0.25, 0.3) is 0 Å². The molecule has 4 bridgehead atoms. The lowest BCUT2D eigenvalue weighted by atomic mass is 9.64. The van der Waals surface area contributed by atoms with Gasteiger partial charge in [0.2, 0.25) is 0 Å². The molecule has 0 radical (unpaired) electrons. The van der Waals surface area contributed by atoms with Gasteiger partial charge in [-0.15, -0.1) is 0 Å². The van der Waals surface area contributed by atoms with E-state index in [1.807, 2.05) is 12.1 Å². The molecule has 3 fully saturated rings. The molecule has 0 amide bonds. The van der Waals surface area contributed by atoms with Crippen molar-refractivity contribution in [3.05, 3.63) is 42.0 Å². The second kappa shape index (κ2) is 3.26. The Morgan fingerprint density at radius 2 is 1.84 bits per heavy atom. The fraction of sp³-hybridized carbons (Fsp3) is 0.556. The minimum Gasteiger partial charge on any atom is -0.508 e. The van der Waals surface area contributed by atoms with Gasteiger partial charge >= 0.3 is 0 Å². The van der Waals surface area contributed by atoms with E-state index >= 15 is 0 Å². The van der Waals surface area contributed by atoms with E-state index in [9.17, 15) is 5.11 Å². The van der Waals surface area contributed by atoms with Crippen molar-refractivity contribution in [3.8, 4) is 5.75 Å². The lowest BCUT2D eigenvalue weighted by Gasteiger charge is -2.39. The summed E-state index contributed by atoms with van der Waals surface area (Å²) in [6, 6.07) is 8.06. The molecule has 1 N–H and O–H groups in total. The summed E-state index contributed by atoms with van der Waals surface area (Å²) in [5.41, 5.74) is 1.76. The molecular formula is C18H20O. The zero-order valence-corrected chi connectivity index (χ0v) is 11.1. The molecule has 0 saturated heterocycles. The van der Waals surface area contributed by atoms with Crippen molar-refractivity contribution < 1.29 is 5.11 Å². The molecule has 1 aromatic carbocycles. The first kappa shape index (κ1) is 10.5. The van der Waals surface area contributed by atoms with Crippen LogP contribution in [-0.4, -0.2) is 5.11 Å². The summed E-state index contributed by atoms with van der Waals surface area (Å²) in [4.78, 5) is 0. The fourth-order valence-electron chi connectivity index (χ4n) is 6.23. The highest BCUT2D eigenvalue weighted by Gasteiger charge is 2.64. The molecule has 6 atom stereocenters. The van der Waals surface area contributed by atoms with E-state index in [2.05, 4.69) is 24.3 Å². The van der Waals surface area contributed by atoms with Crippen molar-refractivity contribution in [1.82, 2.24) is 0 Å². The first-order valence-corrected chi connectivity index (χ1v) is 7.77. The molecule has 4 aliphatic rings. The van der Waals surface area contributed by atoms with Crippen LogP contribution in [0.3, 0.4) is 0 Å². The number of allylic oxidation sites excluding steroid dienone is 2. The molecule has 0 heterocycles. The van der Waals surface area contributed by atoms with Gasteiger partial charge in [-0.1, -0.05) is 24.3 Å². The Morgan fingerprint density at radius 3 is 2.68 bits per heavy atom. The number of phenols is 1. The van der Waals surface area contributed by atoms with E-state index in [0.29, 0.717) is 11.2 Å². The van der Waals surface area contributed by atoms with Crippen molar-refractivity contribution in [3.63, 3.8) is 0 Å². The monoisotopic (exact) mass is 252 g/mol. The Hall–Kier alpha value is -1.24. The number of phenolic OH excluding ortho intramolecular Hbond substituents is 1. The van der Waals surface area contributed by atoms with Gasteiger partial charge in [0.05, 0.1) is 0 Å². The molecule has 4 aliphatic carbocycles. The third kappa shape index (κ3) is 1.13. The van der Waals surface area contributed by atoms with Gasteiger partial charge < -0.3 is 5.11 Å². The van der Waals surface area contributed by atoms with Crippen LogP contribution < -0.4 is 0 Å². The van der Waals surface area contributed by atoms with E-state index < -0.39 is 0 Å². The van der Waals surface area contributed by atoms with Gasteiger partial charge in [0, 0.05) is 5.41 Å². The van der Waals surface area contributed by atoms with Crippen LogP contribution in [0.4, 0.5) is 0 Å². The van der Waals surface area contributed by atoms with E-state index in [0.717, 1.165) is 29.6 Å². The van der Waals surface area contributed by atoms with Crippen LogP contribution in [0.5, 0.6) is 5.75 Å². The highest BCUT2D eigenvalue weighted by molar-refractivity contribution is 5.43. The van der Waals surface area contributed by atoms with Gasteiger partial charge in [-0.05, 0) is 73.0 Å². The molecule has 3 saturated carbocycles. The van der Waals surface area contributed by atoms with E-state index in [4.69, 9.17) is 0 Å². The first-order valence-electron chi connectivity index (χ1n) is 7.77. The molecule has 19 heavy (non-hydrogen) atoms. The second-order valence-electron chi connectivity index (χ2n) is 7.25. The van der Waals surface area contributed by atoms with Crippen molar-refractivity contribution in [2.24, 2.45) is 29.6 Å². The maximum Gasteiger partial charge on any atom is 0.115 e. The Morgan fingerprint density at radius 1 is 1.05 bits per heavy atom. The van der Waals surface area contributed by atoms with Gasteiger partial charge in [0.1, 0.15) is 5.75 Å². The van der Waals surface area contributed by atoms with Crippen molar-refractivity contribution in [2.45, 2.75) is 31.1 Å². The minimum atomic E-state index is 0.308. The molecule has 5 rings (SSSR count). The summed E-state index contributed by atoms with van der Waals surface area (Å²) < 4.78 is 0. The topological polar surface area (TPSA) is 20.2 Å². The summed E-state index contributed by atoms with van der Waals surface area (Å²) in [6.45, 7) is 0. The molecule has 0 aliphatic heterocycles. The summed E-state index contributed by atoms with van der Waals surface area (Å²) in [6.07, 6.45) is 10.8. The molecule has 0 aromatic heterocycles. The lowest BCUT2D eigenvalue weighted by Crippen LogP contribution is -2.36. The van der Waals surface area contributed by atoms with Crippen LogP contribution in [0.1, 0.15) is 31.2 Å². The van der Waals surface area contributed by atoms with Crippen LogP contribution in [0, 0.1) is 29.6 Å². The van der Waals surface area contributed by atoms with Crippen LogP contribution in [0.2, 0.25) is 0 Å². The SMILES string of the molecule is Oc1ccc(C23C=CC(C2)C2C4CCC(C4)C23)cc1. The normalized spacial score (nSPS) is 48.9. The quantitative estimate of drug-likeness (QED) is 0.594. The maximum absolute atomic E-state index is 9.54. The summed E-state index contributed by atoms with van der Waals surface area (Å²) in [7, 11) is 0. The predicted octanol–water partition coefficient (Wildman–Crippen LogP) is 3.88. The molecular weight excluding hydrogens is 232 g/mol. The average Bonchev–Trinajstić information content (AvgIpc) is 3.18. The third-order valence-corrected chi connectivity index (χ3v) is 6.69. The van der Waals surface area contributed by atoms with Gasteiger partial charge in [0.15, 0.2) is 0 Å². The molecule has 1 heteroatoms. The van der Waals surface area contributed by atoms with E-state index in [-0.39, 0.29) is 0 Å². The van der Waals surface area contributed by atoms with Crippen molar-refractivity contribution in [1.29, 1.82) is 0 Å². The summed E-state index contributed by atoms with van der Waals surface area (Å²) in [5, 5.41) is 9.54. The highest BCUT2D eigenvalue weighted by Crippen LogP contribution is 2.70. The highest BCUT2D eigenvalue weighted by atomic mass is 16.3. The van der Waals surface area contributed by atoms with Gasteiger partial charge in [-0.3, -0.25) is 0 Å². The third-order valence-electron chi connectivity index (χ3n) is 6.69. The smallest absolute Gasteiger partial charge is 0.115 e. The zero-order chi connectivity index (χ0) is 12.6. The van der Waals surface area contributed by atoms with Gasteiger partial charge in [-0.2, -0.15) is 0 Å². The number of hydrogen-bond acceptors (Lipinski definition) is 1. The fourth-order valence-corrected chi connectivity index (χ4v) is 6.23. The van der Waals surface area contributed by atoms with Gasteiger partial charge in [-0.25, -0.2) is 0 Å². The Kier molecular flexibility index (Phi) is 1.81. The summed E-state index contributed by atoms with van der Waals surface area (Å²) in [5.74, 6) is 5.08. The zero-order valence-electron chi connectivity index (χ0n) is 11.1. The van der Waals surface area contributed by atoms with E-state index in [1.165, 1.54) is 31.2 Å². The standard InChI is InChI=1S/C18H20O/c19-15-5-3-14(4-6-15)18-8-7-13(10-18)16-11-1-2-12(9-11)17(16)18/h3-8,11-13,16-17,19H,1-2,9-10H2. The largest absolute Gasteiger partial charge is 0.508 e. The lowest BCUT2D eigenvalue weighted by molar-refractivity contribution is 0.188. The van der Waals surface area contributed by atoms with Crippen LogP contribution >= 0.6 is 0 Å². The van der Waals surface area contributed by atoms with E-state index in [1.54, 1.807) is 0 Å². The van der Waals surface area contributed by atoms with Crippen LogP contribution in [0.15, 0.2) is 36.4 Å². The number of rotatable bonds is 1. The minimum absolute atomic E-state index is 0.308. The number of benzene rings is 1. The Balaban J connectivity index is 1.65. The molecule has 6 unspecified atom stereocenters. The number of aromatic hydroxyl groups is 1. The average molecular weight is 252 g/mol. The number of hydrogen-bond donors (Lipinski definition) is 1. The second-order valence-corrected chi connectivity index (χ2v) is 7.25. The molecule has 1 nitrogen and oxygen atoms in total. The van der Waals surface area contributed by atoms with Crippen LogP contribution in [-0.2, 0) is 5.41 Å². The Bertz CT molecular complexity index is 558. The first-order chi connectivity index (χ1) is 9.28. The molecule has 98 valence electrons. The van der Waals surface area contributed by atoms with Crippen molar-refractivity contribution in [2.75, 3.05) is 0 Å². The number of fused-ring (bicyclic) bond motifs is 9. The summed E-state index contributed by atoms with van der Waals surface area (Å²) >= 11 is 0. The molecule has 0 spiro atoms.